The number of aromatic amines is 2. The molecule has 0 saturated carbocycles. The van der Waals surface area contributed by atoms with Crippen LogP contribution in [-0.4, -0.2) is 22.7 Å². The molecule has 20 heavy (non-hydrogen) atoms. The number of nitrogens with two attached hydrogens (primary N) is 1. The molecule has 0 bridgehead atoms. The molecule has 3 unspecified atom stereocenters. The van der Waals surface area contributed by atoms with E-state index in [0.717, 1.165) is 12.0 Å². The molecule has 106 valence electrons. The summed E-state index contributed by atoms with van der Waals surface area (Å²) in [5.74, 6) is 0.275. The molecule has 0 aliphatic carbocycles. The van der Waals surface area contributed by atoms with Gasteiger partial charge in [0.05, 0.1) is 23.7 Å². The second-order valence-corrected chi connectivity index (χ2v) is 5.38. The first-order valence-electron chi connectivity index (χ1n) is 6.68. The molecule has 0 radical (unpaired) electrons. The maximum absolute atomic E-state index is 11.4. The number of hydrogen-bond donors (Lipinski definition) is 3. The predicted molar refractivity (Wildman–Crippen MR) is 75.6 cm³/mol. The molecule has 1 saturated heterocycles. The highest BCUT2D eigenvalue weighted by molar-refractivity contribution is 5.74. The van der Waals surface area contributed by atoms with Crippen LogP contribution in [0.15, 0.2) is 27.8 Å². The number of rotatable bonds is 2. The molecule has 2 aromatic rings. The van der Waals surface area contributed by atoms with Crippen molar-refractivity contribution in [1.82, 2.24) is 9.97 Å². The summed E-state index contributed by atoms with van der Waals surface area (Å²) in [7, 11) is 0. The quantitative estimate of drug-likeness (QED) is 0.700. The molecule has 1 aliphatic rings. The summed E-state index contributed by atoms with van der Waals surface area (Å²) in [4.78, 5) is 27.7. The maximum Gasteiger partial charge on any atom is 0.314 e. The van der Waals surface area contributed by atoms with Gasteiger partial charge in [-0.1, -0.05) is 6.07 Å². The largest absolute Gasteiger partial charge is 0.378 e. The monoisotopic (exact) mass is 275 g/mol. The fourth-order valence-electron chi connectivity index (χ4n) is 2.71. The van der Waals surface area contributed by atoms with Gasteiger partial charge in [-0.3, -0.25) is 9.59 Å². The van der Waals surface area contributed by atoms with Crippen molar-refractivity contribution in [3.8, 4) is 0 Å². The van der Waals surface area contributed by atoms with Gasteiger partial charge in [-0.15, -0.1) is 0 Å². The van der Waals surface area contributed by atoms with Crippen molar-refractivity contribution in [3.05, 3.63) is 44.5 Å². The molecule has 3 rings (SSSR count). The standard InChI is InChI=1S/C14H17N3O3/c1-7-4-9(6-20-7)12(15)8-2-3-10-11(5-8)17-14(19)13(18)16-10/h2-3,5,7,9,12H,4,6,15H2,1H3,(H,16,18)(H,17,19). The Labute approximate surface area is 115 Å². The molecule has 6 nitrogen and oxygen atoms in total. The minimum absolute atomic E-state index is 0.139. The topological polar surface area (TPSA) is 101 Å². The number of benzene rings is 1. The zero-order chi connectivity index (χ0) is 14.3. The van der Waals surface area contributed by atoms with E-state index in [1.54, 1.807) is 6.07 Å². The van der Waals surface area contributed by atoms with E-state index in [2.05, 4.69) is 9.97 Å². The van der Waals surface area contributed by atoms with Gasteiger partial charge in [-0.2, -0.15) is 0 Å². The van der Waals surface area contributed by atoms with Gasteiger partial charge in [0.25, 0.3) is 0 Å². The third-order valence-electron chi connectivity index (χ3n) is 3.87. The highest BCUT2D eigenvalue weighted by atomic mass is 16.5. The Bertz CT molecular complexity index is 749. The van der Waals surface area contributed by atoms with Crippen LogP contribution in [0.25, 0.3) is 11.0 Å². The summed E-state index contributed by atoms with van der Waals surface area (Å²) >= 11 is 0. The highest BCUT2D eigenvalue weighted by Gasteiger charge is 2.28. The van der Waals surface area contributed by atoms with Crippen molar-refractivity contribution in [2.75, 3.05) is 6.61 Å². The zero-order valence-corrected chi connectivity index (χ0v) is 11.2. The average Bonchev–Trinajstić information content (AvgIpc) is 2.85. The van der Waals surface area contributed by atoms with Crippen LogP contribution in [-0.2, 0) is 4.74 Å². The van der Waals surface area contributed by atoms with Crippen molar-refractivity contribution in [1.29, 1.82) is 0 Å². The Kier molecular flexibility index (Phi) is 3.19. The molecule has 2 heterocycles. The molecule has 0 amide bonds. The van der Waals surface area contributed by atoms with E-state index in [9.17, 15) is 9.59 Å². The van der Waals surface area contributed by atoms with E-state index in [-0.39, 0.29) is 18.1 Å². The molecular weight excluding hydrogens is 258 g/mol. The second kappa shape index (κ2) is 4.88. The summed E-state index contributed by atoms with van der Waals surface area (Å²) in [5, 5.41) is 0. The lowest BCUT2D eigenvalue weighted by atomic mass is 9.91. The molecule has 1 aliphatic heterocycles. The molecule has 1 aromatic heterocycles. The van der Waals surface area contributed by atoms with Gasteiger partial charge in [-0.25, -0.2) is 0 Å². The van der Waals surface area contributed by atoms with Crippen molar-refractivity contribution >= 4 is 11.0 Å². The van der Waals surface area contributed by atoms with Crippen LogP contribution < -0.4 is 16.9 Å². The average molecular weight is 275 g/mol. The molecule has 4 N–H and O–H groups in total. The van der Waals surface area contributed by atoms with Crippen LogP contribution >= 0.6 is 0 Å². The minimum Gasteiger partial charge on any atom is -0.378 e. The second-order valence-electron chi connectivity index (χ2n) is 5.38. The minimum atomic E-state index is -0.652. The van der Waals surface area contributed by atoms with E-state index in [0.29, 0.717) is 17.6 Å². The van der Waals surface area contributed by atoms with E-state index in [1.807, 2.05) is 19.1 Å². The van der Waals surface area contributed by atoms with Gasteiger partial charge >= 0.3 is 11.1 Å². The Hall–Kier alpha value is -1.92. The van der Waals surface area contributed by atoms with Crippen LogP contribution in [0.1, 0.15) is 24.9 Å². The van der Waals surface area contributed by atoms with Crippen LogP contribution in [0.2, 0.25) is 0 Å². The summed E-state index contributed by atoms with van der Waals surface area (Å²) in [5.41, 5.74) is 7.10. The Balaban J connectivity index is 1.98. The van der Waals surface area contributed by atoms with Crippen molar-refractivity contribution < 1.29 is 4.74 Å². The van der Waals surface area contributed by atoms with E-state index in [4.69, 9.17) is 10.5 Å². The third kappa shape index (κ3) is 2.28. The lowest BCUT2D eigenvalue weighted by Gasteiger charge is -2.18. The molecule has 0 spiro atoms. The molecular formula is C14H17N3O3. The lowest BCUT2D eigenvalue weighted by Crippen LogP contribution is -2.29. The van der Waals surface area contributed by atoms with Crippen LogP contribution in [0.3, 0.4) is 0 Å². The van der Waals surface area contributed by atoms with Crippen LogP contribution in [0, 0.1) is 5.92 Å². The van der Waals surface area contributed by atoms with Crippen molar-refractivity contribution in [2.24, 2.45) is 11.7 Å². The fraction of sp³-hybridized carbons (Fsp3) is 0.429. The SMILES string of the molecule is CC1CC(C(N)c2ccc3[nH]c(=O)c(=O)[nH]c3c2)CO1. The molecule has 6 heteroatoms. The molecule has 3 atom stereocenters. The van der Waals surface area contributed by atoms with Gasteiger partial charge in [0.2, 0.25) is 0 Å². The van der Waals surface area contributed by atoms with Gasteiger partial charge in [-0.05, 0) is 31.0 Å². The number of hydrogen-bond acceptors (Lipinski definition) is 4. The Morgan fingerprint density at radius 1 is 1.25 bits per heavy atom. The molecule has 1 aromatic carbocycles. The highest BCUT2D eigenvalue weighted by Crippen LogP contribution is 2.30. The first kappa shape index (κ1) is 13.1. The summed E-state index contributed by atoms with van der Waals surface area (Å²) in [6.07, 6.45) is 1.17. The number of ether oxygens (including phenoxy) is 1. The number of aromatic nitrogens is 2. The number of H-pyrrole nitrogens is 2. The molecule has 1 fully saturated rings. The van der Waals surface area contributed by atoms with Gasteiger partial charge in [0, 0.05) is 12.0 Å². The predicted octanol–water partition coefficient (Wildman–Crippen LogP) is 0.641. The summed E-state index contributed by atoms with van der Waals surface area (Å²) in [6.45, 7) is 2.69. The van der Waals surface area contributed by atoms with Gasteiger partial charge < -0.3 is 20.4 Å². The van der Waals surface area contributed by atoms with Gasteiger partial charge in [0.15, 0.2) is 0 Å². The Morgan fingerprint density at radius 2 is 1.95 bits per heavy atom. The Morgan fingerprint density at radius 3 is 2.60 bits per heavy atom. The number of nitrogens with one attached hydrogen (secondary N) is 2. The lowest BCUT2D eigenvalue weighted by molar-refractivity contribution is 0.118. The van der Waals surface area contributed by atoms with E-state index >= 15 is 0 Å². The van der Waals surface area contributed by atoms with E-state index in [1.165, 1.54) is 0 Å². The smallest absolute Gasteiger partial charge is 0.314 e. The maximum atomic E-state index is 11.4. The summed E-state index contributed by atoms with van der Waals surface area (Å²) in [6, 6.07) is 5.32. The van der Waals surface area contributed by atoms with E-state index < -0.39 is 11.1 Å². The van der Waals surface area contributed by atoms with Crippen molar-refractivity contribution in [2.45, 2.75) is 25.5 Å². The number of fused-ring (bicyclic) bond motifs is 1. The van der Waals surface area contributed by atoms with Crippen molar-refractivity contribution in [3.63, 3.8) is 0 Å². The normalized spacial score (nSPS) is 24.1. The first-order chi connectivity index (χ1) is 9.54. The summed E-state index contributed by atoms with van der Waals surface area (Å²) < 4.78 is 5.55. The first-order valence-corrected chi connectivity index (χ1v) is 6.68. The third-order valence-corrected chi connectivity index (χ3v) is 3.87. The zero-order valence-electron chi connectivity index (χ0n) is 11.2. The van der Waals surface area contributed by atoms with Gasteiger partial charge in [0.1, 0.15) is 0 Å². The fourth-order valence-corrected chi connectivity index (χ4v) is 2.71. The van der Waals surface area contributed by atoms with Crippen LogP contribution in [0.5, 0.6) is 0 Å². The van der Waals surface area contributed by atoms with Crippen LogP contribution in [0.4, 0.5) is 0 Å².